The Morgan fingerprint density at radius 3 is 2.80 bits per heavy atom. The van der Waals surface area contributed by atoms with E-state index < -0.39 is 0 Å². The van der Waals surface area contributed by atoms with Crippen LogP contribution >= 0.6 is 0 Å². The predicted molar refractivity (Wildman–Crippen MR) is 83.0 cm³/mol. The summed E-state index contributed by atoms with van der Waals surface area (Å²) < 4.78 is 0. The van der Waals surface area contributed by atoms with Gasteiger partial charge in [0.2, 0.25) is 5.91 Å². The monoisotopic (exact) mass is 275 g/mol. The van der Waals surface area contributed by atoms with Crippen molar-refractivity contribution in [2.75, 3.05) is 31.5 Å². The van der Waals surface area contributed by atoms with Crippen LogP contribution in [0.4, 0.5) is 5.69 Å². The maximum absolute atomic E-state index is 12.0. The van der Waals surface area contributed by atoms with Crippen molar-refractivity contribution >= 4 is 11.6 Å². The molecule has 1 amide bonds. The normalized spacial score (nSPS) is 19.8. The van der Waals surface area contributed by atoms with Gasteiger partial charge in [-0.25, -0.2) is 0 Å². The van der Waals surface area contributed by atoms with Crippen molar-refractivity contribution in [2.24, 2.45) is 0 Å². The van der Waals surface area contributed by atoms with E-state index in [9.17, 15) is 4.79 Å². The minimum Gasteiger partial charge on any atom is -0.325 e. The van der Waals surface area contributed by atoms with Gasteiger partial charge in [-0.05, 0) is 31.0 Å². The summed E-state index contributed by atoms with van der Waals surface area (Å²) in [6.07, 6.45) is 2.24. The second kappa shape index (κ2) is 7.41. The lowest BCUT2D eigenvalue weighted by molar-refractivity contribution is -0.117. The van der Waals surface area contributed by atoms with Gasteiger partial charge in [0.1, 0.15) is 0 Å². The van der Waals surface area contributed by atoms with Crippen molar-refractivity contribution < 1.29 is 4.79 Å². The van der Waals surface area contributed by atoms with Gasteiger partial charge < -0.3 is 10.6 Å². The molecule has 1 aromatic rings. The Bertz CT molecular complexity index is 430. The first-order valence-corrected chi connectivity index (χ1v) is 7.52. The molecule has 0 spiro atoms. The van der Waals surface area contributed by atoms with Gasteiger partial charge in [0.25, 0.3) is 0 Å². The van der Waals surface area contributed by atoms with Gasteiger partial charge in [-0.15, -0.1) is 0 Å². The summed E-state index contributed by atoms with van der Waals surface area (Å²) >= 11 is 0. The molecular formula is C16H25N3O. The summed E-state index contributed by atoms with van der Waals surface area (Å²) in [5.74, 6) is 0.0716. The molecule has 2 rings (SSSR count). The van der Waals surface area contributed by atoms with E-state index in [2.05, 4.69) is 41.5 Å². The van der Waals surface area contributed by atoms with Gasteiger partial charge >= 0.3 is 0 Å². The van der Waals surface area contributed by atoms with E-state index in [4.69, 9.17) is 0 Å². The molecule has 110 valence electrons. The zero-order chi connectivity index (χ0) is 14.4. The number of nitrogens with one attached hydrogen (secondary N) is 2. The molecule has 0 aliphatic carbocycles. The van der Waals surface area contributed by atoms with Gasteiger partial charge in [-0.3, -0.25) is 9.69 Å². The molecule has 0 saturated carbocycles. The van der Waals surface area contributed by atoms with Crippen LogP contribution in [-0.2, 0) is 11.2 Å². The highest BCUT2D eigenvalue weighted by Crippen LogP contribution is 2.11. The molecule has 1 aromatic carbocycles. The van der Waals surface area contributed by atoms with Crippen LogP contribution in [0.3, 0.4) is 0 Å². The fourth-order valence-corrected chi connectivity index (χ4v) is 2.60. The van der Waals surface area contributed by atoms with E-state index in [1.54, 1.807) is 0 Å². The molecule has 0 aromatic heterocycles. The lowest BCUT2D eigenvalue weighted by Crippen LogP contribution is -2.51. The van der Waals surface area contributed by atoms with E-state index in [-0.39, 0.29) is 5.91 Å². The van der Waals surface area contributed by atoms with Crippen LogP contribution in [0.25, 0.3) is 0 Å². The number of amides is 1. The minimum absolute atomic E-state index is 0.0716. The Hall–Kier alpha value is -1.39. The van der Waals surface area contributed by atoms with Crippen LogP contribution in [0.5, 0.6) is 0 Å². The molecule has 0 radical (unpaired) electrons. The number of piperazine rings is 1. The van der Waals surface area contributed by atoms with Crippen molar-refractivity contribution in [2.45, 2.75) is 32.7 Å². The number of carbonyl (C=O) groups excluding carboxylic acids is 1. The van der Waals surface area contributed by atoms with E-state index in [1.165, 1.54) is 5.56 Å². The van der Waals surface area contributed by atoms with E-state index in [0.29, 0.717) is 12.6 Å². The molecule has 0 unspecified atom stereocenters. The van der Waals surface area contributed by atoms with E-state index >= 15 is 0 Å². The lowest BCUT2D eigenvalue weighted by Gasteiger charge is -2.31. The fourth-order valence-electron chi connectivity index (χ4n) is 2.60. The van der Waals surface area contributed by atoms with Crippen LogP contribution in [0.15, 0.2) is 24.3 Å². The second-order valence-corrected chi connectivity index (χ2v) is 5.59. The molecule has 0 bridgehead atoms. The number of anilines is 1. The van der Waals surface area contributed by atoms with E-state index in [1.807, 2.05) is 12.1 Å². The predicted octanol–water partition coefficient (Wildman–Crippen LogP) is 1.87. The molecule has 1 heterocycles. The molecule has 1 aliphatic heterocycles. The smallest absolute Gasteiger partial charge is 0.238 e. The first-order valence-electron chi connectivity index (χ1n) is 7.52. The first kappa shape index (κ1) is 15.0. The molecule has 1 fully saturated rings. The molecule has 20 heavy (non-hydrogen) atoms. The number of hydrogen-bond acceptors (Lipinski definition) is 3. The Morgan fingerprint density at radius 1 is 1.40 bits per heavy atom. The number of rotatable bonds is 5. The van der Waals surface area contributed by atoms with Gasteiger partial charge in [-0.1, -0.05) is 25.5 Å². The van der Waals surface area contributed by atoms with Gasteiger partial charge in [0, 0.05) is 31.4 Å². The second-order valence-electron chi connectivity index (χ2n) is 5.59. The maximum Gasteiger partial charge on any atom is 0.238 e. The SMILES string of the molecule is CCCc1ccc(NC(=O)CN2CCN[C@H](C)C2)cc1. The van der Waals surface area contributed by atoms with Crippen molar-refractivity contribution in [1.29, 1.82) is 0 Å². The number of carbonyl (C=O) groups is 1. The highest BCUT2D eigenvalue weighted by molar-refractivity contribution is 5.92. The van der Waals surface area contributed by atoms with Gasteiger partial charge in [0.15, 0.2) is 0 Å². The molecule has 1 atom stereocenters. The lowest BCUT2D eigenvalue weighted by atomic mass is 10.1. The third-order valence-electron chi connectivity index (χ3n) is 3.60. The highest BCUT2D eigenvalue weighted by Gasteiger charge is 2.17. The molecule has 1 aliphatic rings. The molecule has 4 nitrogen and oxygen atoms in total. The molecule has 2 N–H and O–H groups in total. The fraction of sp³-hybridized carbons (Fsp3) is 0.562. The van der Waals surface area contributed by atoms with Crippen molar-refractivity contribution in [3.8, 4) is 0 Å². The summed E-state index contributed by atoms with van der Waals surface area (Å²) in [5.41, 5.74) is 2.21. The Balaban J connectivity index is 1.81. The van der Waals surface area contributed by atoms with Crippen molar-refractivity contribution in [1.82, 2.24) is 10.2 Å². The molecule has 1 saturated heterocycles. The average molecular weight is 275 g/mol. The summed E-state index contributed by atoms with van der Waals surface area (Å²) in [7, 11) is 0. The zero-order valence-electron chi connectivity index (χ0n) is 12.5. The first-order chi connectivity index (χ1) is 9.67. The van der Waals surface area contributed by atoms with E-state index in [0.717, 1.165) is 38.2 Å². The van der Waals surface area contributed by atoms with Crippen LogP contribution in [0.1, 0.15) is 25.8 Å². The minimum atomic E-state index is 0.0716. The topological polar surface area (TPSA) is 44.4 Å². The third kappa shape index (κ3) is 4.62. The van der Waals surface area contributed by atoms with Crippen molar-refractivity contribution in [3.05, 3.63) is 29.8 Å². The van der Waals surface area contributed by atoms with Crippen LogP contribution in [-0.4, -0.2) is 43.0 Å². The van der Waals surface area contributed by atoms with Crippen LogP contribution in [0, 0.1) is 0 Å². The van der Waals surface area contributed by atoms with Crippen molar-refractivity contribution in [3.63, 3.8) is 0 Å². The number of hydrogen-bond donors (Lipinski definition) is 2. The standard InChI is InChI=1S/C16H25N3O/c1-3-4-14-5-7-15(8-6-14)18-16(20)12-19-10-9-17-13(2)11-19/h5-8,13,17H,3-4,9-12H2,1-2H3,(H,18,20)/t13-/m1/s1. The van der Waals surface area contributed by atoms with Gasteiger partial charge in [-0.2, -0.15) is 0 Å². The maximum atomic E-state index is 12.0. The summed E-state index contributed by atoms with van der Waals surface area (Å²) in [6.45, 7) is 7.62. The Morgan fingerprint density at radius 2 is 2.15 bits per heavy atom. The molecular weight excluding hydrogens is 250 g/mol. The zero-order valence-corrected chi connectivity index (χ0v) is 12.5. The average Bonchev–Trinajstić information content (AvgIpc) is 2.41. The third-order valence-corrected chi connectivity index (χ3v) is 3.60. The quantitative estimate of drug-likeness (QED) is 0.862. The summed E-state index contributed by atoms with van der Waals surface area (Å²) in [6, 6.07) is 8.62. The number of nitrogens with zero attached hydrogens (tertiary/aromatic N) is 1. The van der Waals surface area contributed by atoms with Crippen LogP contribution in [0.2, 0.25) is 0 Å². The highest BCUT2D eigenvalue weighted by atomic mass is 16.2. The summed E-state index contributed by atoms with van der Waals surface area (Å²) in [4.78, 5) is 14.2. The Labute approximate surface area is 121 Å². The summed E-state index contributed by atoms with van der Waals surface area (Å²) in [5, 5.41) is 6.35. The van der Waals surface area contributed by atoms with Crippen LogP contribution < -0.4 is 10.6 Å². The van der Waals surface area contributed by atoms with Gasteiger partial charge in [0.05, 0.1) is 6.54 Å². The Kier molecular flexibility index (Phi) is 5.56. The molecule has 4 heteroatoms. The number of benzene rings is 1. The number of aryl methyl sites for hydroxylation is 1. The largest absolute Gasteiger partial charge is 0.325 e.